The molecule has 0 aromatic rings. The molecule has 1 aliphatic rings. The number of carbonyl (C=O) groups excluding carboxylic acids is 1. The highest BCUT2D eigenvalue weighted by molar-refractivity contribution is 8.39. The van der Waals surface area contributed by atoms with Crippen LogP contribution in [0.3, 0.4) is 0 Å². The minimum Gasteiger partial charge on any atom is -0.464 e. The third-order valence-electron chi connectivity index (χ3n) is 4.53. The summed E-state index contributed by atoms with van der Waals surface area (Å²) in [5.74, 6) is 1.84. The number of aliphatic imine (C=N–C) groups is 1. The maximum absolute atomic E-state index is 11.9. The van der Waals surface area contributed by atoms with Gasteiger partial charge in [-0.2, -0.15) is 0 Å². The lowest BCUT2D eigenvalue weighted by Gasteiger charge is -2.10. The SMILES string of the molecule is CCCCCCCCCCCC(=O)OCC1CN=C(SCCC(C)C)S1. The lowest BCUT2D eigenvalue weighted by atomic mass is 10.1. The summed E-state index contributed by atoms with van der Waals surface area (Å²) in [6, 6.07) is 0. The number of rotatable bonds is 15. The average Bonchev–Trinajstić information content (AvgIpc) is 3.06. The molecule has 26 heavy (non-hydrogen) atoms. The first-order chi connectivity index (χ1) is 12.6. The summed E-state index contributed by atoms with van der Waals surface area (Å²) in [4.78, 5) is 16.4. The van der Waals surface area contributed by atoms with E-state index in [1.165, 1.54) is 55.7 Å². The fraction of sp³-hybridized carbons (Fsp3) is 0.905. The predicted octanol–water partition coefficient (Wildman–Crippen LogP) is 6.70. The van der Waals surface area contributed by atoms with Crippen LogP contribution in [0, 0.1) is 5.92 Å². The van der Waals surface area contributed by atoms with Crippen molar-refractivity contribution in [2.75, 3.05) is 18.9 Å². The standard InChI is InChI=1S/C21H39NO2S2/c1-4-5-6-7-8-9-10-11-12-13-20(23)24-17-19-16-22-21(26-19)25-15-14-18(2)3/h18-19H,4-17H2,1-3H3. The summed E-state index contributed by atoms with van der Waals surface area (Å²) in [5, 5.41) is 0.323. The fourth-order valence-corrected chi connectivity index (χ4v) is 5.36. The Morgan fingerprint density at radius 2 is 1.81 bits per heavy atom. The monoisotopic (exact) mass is 401 g/mol. The van der Waals surface area contributed by atoms with Gasteiger partial charge in [0, 0.05) is 12.2 Å². The fourth-order valence-electron chi connectivity index (χ4n) is 2.78. The van der Waals surface area contributed by atoms with Crippen molar-refractivity contribution in [1.82, 2.24) is 0 Å². The van der Waals surface area contributed by atoms with Crippen molar-refractivity contribution in [1.29, 1.82) is 0 Å². The molecule has 0 fully saturated rings. The molecule has 152 valence electrons. The number of nitrogens with zero attached hydrogens (tertiary/aromatic N) is 1. The molecule has 0 amide bonds. The van der Waals surface area contributed by atoms with E-state index in [0.717, 1.165) is 31.1 Å². The summed E-state index contributed by atoms with van der Waals surface area (Å²) >= 11 is 3.63. The molecule has 0 aromatic heterocycles. The molecular weight excluding hydrogens is 362 g/mol. The van der Waals surface area contributed by atoms with Gasteiger partial charge in [-0.15, -0.1) is 0 Å². The zero-order chi connectivity index (χ0) is 19.0. The van der Waals surface area contributed by atoms with Gasteiger partial charge in [0.25, 0.3) is 0 Å². The van der Waals surface area contributed by atoms with Crippen LogP contribution in [0.5, 0.6) is 0 Å². The van der Waals surface area contributed by atoms with Gasteiger partial charge in [0.15, 0.2) is 0 Å². The Hall–Kier alpha value is -0.160. The first-order valence-electron chi connectivity index (χ1n) is 10.6. The van der Waals surface area contributed by atoms with Gasteiger partial charge in [0.05, 0.1) is 11.8 Å². The number of hydrogen-bond donors (Lipinski definition) is 0. The Labute approximate surface area is 169 Å². The average molecular weight is 402 g/mol. The second-order valence-corrected chi connectivity index (χ2v) is 10.3. The lowest BCUT2D eigenvalue weighted by Crippen LogP contribution is -2.16. The van der Waals surface area contributed by atoms with E-state index in [9.17, 15) is 4.79 Å². The van der Waals surface area contributed by atoms with Gasteiger partial charge in [0.2, 0.25) is 0 Å². The van der Waals surface area contributed by atoms with Crippen LogP contribution in [0.25, 0.3) is 0 Å². The molecule has 1 heterocycles. The highest BCUT2D eigenvalue weighted by Gasteiger charge is 2.21. The van der Waals surface area contributed by atoms with Gasteiger partial charge in [-0.3, -0.25) is 9.79 Å². The van der Waals surface area contributed by atoms with Crippen LogP contribution in [0.15, 0.2) is 4.99 Å². The van der Waals surface area contributed by atoms with E-state index >= 15 is 0 Å². The first kappa shape index (κ1) is 23.9. The number of esters is 1. The quantitative estimate of drug-likeness (QED) is 0.226. The second-order valence-electron chi connectivity index (χ2n) is 7.64. The van der Waals surface area contributed by atoms with E-state index in [0.29, 0.717) is 18.3 Å². The Morgan fingerprint density at radius 1 is 1.15 bits per heavy atom. The minimum atomic E-state index is -0.0329. The van der Waals surface area contributed by atoms with E-state index in [1.807, 2.05) is 11.8 Å². The van der Waals surface area contributed by atoms with Crippen LogP contribution < -0.4 is 0 Å². The van der Waals surface area contributed by atoms with Crippen molar-refractivity contribution in [3.8, 4) is 0 Å². The lowest BCUT2D eigenvalue weighted by molar-refractivity contribution is -0.143. The van der Waals surface area contributed by atoms with Crippen molar-refractivity contribution < 1.29 is 9.53 Å². The van der Waals surface area contributed by atoms with Gasteiger partial charge in [-0.1, -0.05) is 95.7 Å². The van der Waals surface area contributed by atoms with Crippen LogP contribution >= 0.6 is 23.5 Å². The highest BCUT2D eigenvalue weighted by Crippen LogP contribution is 2.29. The van der Waals surface area contributed by atoms with Gasteiger partial charge in [-0.25, -0.2) is 0 Å². The predicted molar refractivity (Wildman–Crippen MR) is 118 cm³/mol. The van der Waals surface area contributed by atoms with E-state index in [2.05, 4.69) is 25.8 Å². The van der Waals surface area contributed by atoms with Crippen molar-refractivity contribution in [3.63, 3.8) is 0 Å². The molecule has 0 spiro atoms. The Kier molecular flexibility index (Phi) is 14.6. The minimum absolute atomic E-state index is 0.0329. The Morgan fingerprint density at radius 3 is 2.46 bits per heavy atom. The van der Waals surface area contributed by atoms with E-state index in [1.54, 1.807) is 11.8 Å². The molecule has 1 unspecified atom stereocenters. The van der Waals surface area contributed by atoms with Crippen LogP contribution in [0.2, 0.25) is 0 Å². The molecule has 0 N–H and O–H groups in total. The molecule has 1 atom stereocenters. The zero-order valence-corrected chi connectivity index (χ0v) is 18.8. The van der Waals surface area contributed by atoms with E-state index in [-0.39, 0.29) is 5.97 Å². The molecule has 0 radical (unpaired) electrons. The molecule has 0 saturated heterocycles. The summed E-state index contributed by atoms with van der Waals surface area (Å²) in [6.45, 7) is 8.06. The number of thioether (sulfide) groups is 2. The maximum Gasteiger partial charge on any atom is 0.305 e. The molecule has 0 bridgehead atoms. The third kappa shape index (κ3) is 13.1. The van der Waals surface area contributed by atoms with Crippen molar-refractivity contribution >= 4 is 33.9 Å². The molecule has 0 saturated carbocycles. The molecular formula is C21H39NO2S2. The van der Waals surface area contributed by atoms with Crippen LogP contribution in [-0.2, 0) is 9.53 Å². The summed E-state index contributed by atoms with van der Waals surface area (Å²) < 4.78 is 6.62. The molecule has 0 aromatic carbocycles. The summed E-state index contributed by atoms with van der Waals surface area (Å²) in [6.07, 6.45) is 13.3. The molecule has 1 aliphatic heterocycles. The summed E-state index contributed by atoms with van der Waals surface area (Å²) in [5.41, 5.74) is 0. The smallest absolute Gasteiger partial charge is 0.305 e. The topological polar surface area (TPSA) is 38.7 Å². The Bertz CT molecular complexity index is 399. The number of unbranched alkanes of at least 4 members (excludes halogenated alkanes) is 8. The van der Waals surface area contributed by atoms with E-state index < -0.39 is 0 Å². The maximum atomic E-state index is 11.9. The van der Waals surface area contributed by atoms with Gasteiger partial charge in [0.1, 0.15) is 11.0 Å². The van der Waals surface area contributed by atoms with Crippen LogP contribution in [0.4, 0.5) is 0 Å². The molecule has 1 rings (SSSR count). The third-order valence-corrected chi connectivity index (χ3v) is 6.93. The first-order valence-corrected chi connectivity index (χ1v) is 12.5. The normalized spacial score (nSPS) is 16.9. The number of hydrogen-bond acceptors (Lipinski definition) is 5. The van der Waals surface area contributed by atoms with Crippen molar-refractivity contribution in [2.45, 2.75) is 96.7 Å². The van der Waals surface area contributed by atoms with E-state index in [4.69, 9.17) is 4.74 Å². The second kappa shape index (κ2) is 15.9. The summed E-state index contributed by atoms with van der Waals surface area (Å²) in [7, 11) is 0. The van der Waals surface area contributed by atoms with Crippen molar-refractivity contribution in [2.24, 2.45) is 10.9 Å². The number of carbonyl (C=O) groups is 1. The van der Waals surface area contributed by atoms with Crippen LogP contribution in [-0.4, -0.2) is 34.5 Å². The van der Waals surface area contributed by atoms with Crippen molar-refractivity contribution in [3.05, 3.63) is 0 Å². The van der Waals surface area contributed by atoms with Gasteiger partial charge < -0.3 is 4.74 Å². The zero-order valence-electron chi connectivity index (χ0n) is 17.1. The largest absolute Gasteiger partial charge is 0.464 e. The molecule has 0 aliphatic carbocycles. The van der Waals surface area contributed by atoms with Gasteiger partial charge >= 0.3 is 5.97 Å². The molecule has 3 nitrogen and oxygen atoms in total. The van der Waals surface area contributed by atoms with Crippen LogP contribution in [0.1, 0.15) is 91.4 Å². The van der Waals surface area contributed by atoms with Gasteiger partial charge in [-0.05, 0) is 18.8 Å². The number of ether oxygens (including phenoxy) is 1. The highest BCUT2D eigenvalue weighted by atomic mass is 32.2. The molecule has 5 heteroatoms. The Balaban J connectivity index is 1.91.